The molecular formula is C21H18ClFN2O4S. The van der Waals surface area contributed by atoms with E-state index in [1.807, 2.05) is 25.1 Å². The van der Waals surface area contributed by atoms with Crippen molar-refractivity contribution in [2.75, 3.05) is 5.32 Å². The van der Waals surface area contributed by atoms with Crippen LogP contribution in [0.15, 0.2) is 65.6 Å². The van der Waals surface area contributed by atoms with Crippen LogP contribution in [0.25, 0.3) is 0 Å². The number of rotatable bonds is 6. The Balaban J connectivity index is 1.90. The zero-order chi connectivity index (χ0) is 21.9. The Morgan fingerprint density at radius 2 is 1.87 bits per heavy atom. The fourth-order valence-corrected chi connectivity index (χ4v) is 3.68. The molecule has 0 heterocycles. The smallest absolute Gasteiger partial charge is 0.241 e. The van der Waals surface area contributed by atoms with E-state index < -0.39 is 32.4 Å². The van der Waals surface area contributed by atoms with Crippen molar-refractivity contribution in [1.82, 2.24) is 0 Å². The molecule has 0 unspecified atom stereocenters. The van der Waals surface area contributed by atoms with Crippen molar-refractivity contribution in [3.63, 3.8) is 0 Å². The first-order valence-corrected chi connectivity index (χ1v) is 10.7. The predicted octanol–water partition coefficient (Wildman–Crippen LogP) is 4.41. The summed E-state index contributed by atoms with van der Waals surface area (Å²) in [6.45, 7) is 1.90. The number of nitrogens with two attached hydrogens (primary N) is 1. The Labute approximate surface area is 178 Å². The molecule has 0 aliphatic rings. The van der Waals surface area contributed by atoms with Gasteiger partial charge in [-0.05, 0) is 36.8 Å². The number of carbonyl (C=O) groups excluding carboxylic acids is 1. The lowest BCUT2D eigenvalue weighted by molar-refractivity contribution is -0.115. The van der Waals surface area contributed by atoms with Crippen LogP contribution in [0.4, 0.5) is 10.1 Å². The highest BCUT2D eigenvalue weighted by atomic mass is 35.5. The van der Waals surface area contributed by atoms with Crippen LogP contribution in [0, 0.1) is 12.7 Å². The van der Waals surface area contributed by atoms with E-state index in [0.717, 1.165) is 23.3 Å². The molecule has 0 aliphatic heterocycles. The van der Waals surface area contributed by atoms with Gasteiger partial charge in [0.1, 0.15) is 10.6 Å². The highest BCUT2D eigenvalue weighted by Gasteiger charge is 2.22. The normalized spacial score (nSPS) is 11.2. The van der Waals surface area contributed by atoms with Crippen LogP contribution in [0.1, 0.15) is 11.1 Å². The molecule has 3 rings (SSSR count). The SMILES string of the molecule is Cc1cccc(CC(=O)Nc2cc(F)c(Oc3cccc(Cl)c3)c(S(N)(=O)=O)c2)c1. The number of hydrogen-bond donors (Lipinski definition) is 2. The maximum Gasteiger partial charge on any atom is 0.241 e. The average molecular weight is 449 g/mol. The Bertz CT molecular complexity index is 1220. The first-order valence-electron chi connectivity index (χ1n) is 8.77. The Morgan fingerprint density at radius 3 is 2.53 bits per heavy atom. The van der Waals surface area contributed by atoms with Crippen molar-refractivity contribution in [1.29, 1.82) is 0 Å². The highest BCUT2D eigenvalue weighted by Crippen LogP contribution is 2.34. The standard InChI is InChI=1S/C21H18ClFN2O4S/c1-13-4-2-5-14(8-13)9-20(26)25-16-11-18(23)21(19(12-16)30(24,27)28)29-17-7-3-6-15(22)10-17/h2-8,10-12H,9H2,1H3,(H,25,26)(H2,24,27,28). The molecule has 0 aromatic heterocycles. The molecule has 0 aliphatic carbocycles. The number of benzene rings is 3. The minimum Gasteiger partial charge on any atom is -0.453 e. The molecule has 0 saturated heterocycles. The van der Waals surface area contributed by atoms with Crippen molar-refractivity contribution in [3.8, 4) is 11.5 Å². The topological polar surface area (TPSA) is 98.5 Å². The number of hydrogen-bond acceptors (Lipinski definition) is 4. The van der Waals surface area contributed by atoms with E-state index in [1.54, 1.807) is 18.2 Å². The molecule has 0 atom stereocenters. The molecule has 3 aromatic rings. The van der Waals surface area contributed by atoms with Gasteiger partial charge >= 0.3 is 0 Å². The molecule has 0 saturated carbocycles. The van der Waals surface area contributed by atoms with Crippen LogP contribution >= 0.6 is 11.6 Å². The third-order valence-corrected chi connectivity index (χ3v) is 5.21. The summed E-state index contributed by atoms with van der Waals surface area (Å²) in [4.78, 5) is 11.7. The first kappa shape index (κ1) is 21.8. The zero-order valence-corrected chi connectivity index (χ0v) is 17.4. The van der Waals surface area contributed by atoms with Crippen LogP contribution in [-0.2, 0) is 21.2 Å². The second-order valence-corrected chi connectivity index (χ2v) is 8.57. The number of anilines is 1. The second kappa shape index (κ2) is 8.83. The van der Waals surface area contributed by atoms with Gasteiger partial charge in [-0.1, -0.05) is 47.5 Å². The number of aryl methyl sites for hydroxylation is 1. The summed E-state index contributed by atoms with van der Waals surface area (Å²) < 4.78 is 44.2. The van der Waals surface area contributed by atoms with Crippen molar-refractivity contribution >= 4 is 33.2 Å². The number of halogens is 2. The molecular weight excluding hydrogens is 431 g/mol. The van der Waals surface area contributed by atoms with Crippen LogP contribution in [0.5, 0.6) is 11.5 Å². The van der Waals surface area contributed by atoms with Gasteiger partial charge in [0, 0.05) is 16.8 Å². The van der Waals surface area contributed by atoms with Gasteiger partial charge < -0.3 is 10.1 Å². The molecule has 156 valence electrons. The van der Waals surface area contributed by atoms with Gasteiger partial charge in [0.25, 0.3) is 0 Å². The van der Waals surface area contributed by atoms with Gasteiger partial charge in [0.05, 0.1) is 6.42 Å². The van der Waals surface area contributed by atoms with Crippen LogP contribution in [0.2, 0.25) is 5.02 Å². The monoisotopic (exact) mass is 448 g/mol. The van der Waals surface area contributed by atoms with Crippen molar-refractivity contribution in [2.24, 2.45) is 5.14 Å². The molecule has 0 radical (unpaired) electrons. The molecule has 30 heavy (non-hydrogen) atoms. The second-order valence-electron chi connectivity index (χ2n) is 6.60. The summed E-state index contributed by atoms with van der Waals surface area (Å²) in [5.41, 5.74) is 1.69. The Kier molecular flexibility index (Phi) is 6.40. The molecule has 6 nitrogen and oxygen atoms in total. The molecule has 3 aromatic carbocycles. The lowest BCUT2D eigenvalue weighted by Crippen LogP contribution is -2.17. The summed E-state index contributed by atoms with van der Waals surface area (Å²) in [5.74, 6) is -1.91. The molecule has 9 heteroatoms. The Morgan fingerprint density at radius 1 is 1.13 bits per heavy atom. The zero-order valence-electron chi connectivity index (χ0n) is 15.9. The van der Waals surface area contributed by atoms with Crippen LogP contribution < -0.4 is 15.2 Å². The predicted molar refractivity (Wildman–Crippen MR) is 113 cm³/mol. The molecule has 0 bridgehead atoms. The highest BCUT2D eigenvalue weighted by molar-refractivity contribution is 7.89. The fourth-order valence-electron chi connectivity index (χ4n) is 2.81. The minimum atomic E-state index is -4.36. The summed E-state index contributed by atoms with van der Waals surface area (Å²) in [6, 6.07) is 15.4. The number of primary sulfonamides is 1. The van der Waals surface area contributed by atoms with Gasteiger partial charge in [-0.3, -0.25) is 4.79 Å². The van der Waals surface area contributed by atoms with Gasteiger partial charge in [0.15, 0.2) is 11.6 Å². The summed E-state index contributed by atoms with van der Waals surface area (Å²) in [6.07, 6.45) is 0.0365. The number of carbonyl (C=O) groups is 1. The third kappa shape index (κ3) is 5.56. The maximum atomic E-state index is 14.7. The van der Waals surface area contributed by atoms with E-state index in [2.05, 4.69) is 5.32 Å². The first-order chi connectivity index (χ1) is 14.1. The molecule has 0 fully saturated rings. The third-order valence-electron chi connectivity index (χ3n) is 4.06. The minimum absolute atomic E-state index is 0.0365. The molecule has 1 amide bonds. The number of ether oxygens (including phenoxy) is 1. The Hall–Kier alpha value is -2.94. The number of nitrogens with one attached hydrogen (secondary N) is 1. The van der Waals surface area contributed by atoms with Crippen molar-refractivity contribution in [3.05, 3.63) is 82.6 Å². The molecule has 0 spiro atoms. The van der Waals surface area contributed by atoms with Gasteiger partial charge in [0.2, 0.25) is 15.9 Å². The van der Waals surface area contributed by atoms with Gasteiger partial charge in [-0.15, -0.1) is 0 Å². The largest absolute Gasteiger partial charge is 0.453 e. The summed E-state index contributed by atoms with van der Waals surface area (Å²) >= 11 is 5.88. The van der Waals surface area contributed by atoms with E-state index in [-0.39, 0.29) is 17.9 Å². The lowest BCUT2D eigenvalue weighted by Gasteiger charge is -2.14. The maximum absolute atomic E-state index is 14.7. The van der Waals surface area contributed by atoms with Crippen LogP contribution in [0.3, 0.4) is 0 Å². The number of amides is 1. The average Bonchev–Trinajstić information content (AvgIpc) is 2.63. The van der Waals surface area contributed by atoms with Crippen LogP contribution in [-0.4, -0.2) is 14.3 Å². The molecule has 3 N–H and O–H groups in total. The van der Waals surface area contributed by atoms with Crippen molar-refractivity contribution < 1.29 is 22.3 Å². The fraction of sp³-hybridized carbons (Fsp3) is 0.0952. The van der Waals surface area contributed by atoms with E-state index >= 15 is 0 Å². The quantitative estimate of drug-likeness (QED) is 0.583. The summed E-state index contributed by atoms with van der Waals surface area (Å²) in [5, 5.41) is 8.05. The van der Waals surface area contributed by atoms with Gasteiger partial charge in [-0.25, -0.2) is 17.9 Å². The van der Waals surface area contributed by atoms with E-state index in [4.69, 9.17) is 21.5 Å². The van der Waals surface area contributed by atoms with E-state index in [1.165, 1.54) is 12.1 Å². The van der Waals surface area contributed by atoms with Crippen molar-refractivity contribution in [2.45, 2.75) is 18.2 Å². The summed E-state index contributed by atoms with van der Waals surface area (Å²) in [7, 11) is -4.36. The van der Waals surface area contributed by atoms with Gasteiger partial charge in [-0.2, -0.15) is 0 Å². The van der Waals surface area contributed by atoms with E-state index in [9.17, 15) is 17.6 Å². The number of sulfonamides is 1. The lowest BCUT2D eigenvalue weighted by atomic mass is 10.1. The van der Waals surface area contributed by atoms with E-state index in [0.29, 0.717) is 5.02 Å².